The first-order chi connectivity index (χ1) is 10.1. The van der Waals surface area contributed by atoms with Gasteiger partial charge in [0.05, 0.1) is 6.20 Å². The number of benzene rings is 1. The fourth-order valence-corrected chi connectivity index (χ4v) is 1.45. The molecule has 0 unspecified atom stereocenters. The molecule has 0 saturated heterocycles. The molecule has 0 aliphatic rings. The number of carbonyl (C=O) groups is 2. The summed E-state index contributed by atoms with van der Waals surface area (Å²) in [5.41, 5.74) is 4.50. The number of carbonyl (C=O) groups excluding carboxylic acids is 2. The number of nitrogens with zero attached hydrogens (tertiary/aromatic N) is 2. The maximum Gasteiger partial charge on any atom is 0.289 e. The number of amides is 2. The van der Waals surface area contributed by atoms with Crippen LogP contribution in [0.1, 0.15) is 10.5 Å². The molecule has 2 amide bonds. The molecule has 2 aromatic rings. The molecule has 0 radical (unpaired) electrons. The van der Waals surface area contributed by atoms with Crippen LogP contribution < -0.4 is 15.6 Å². The molecule has 0 spiro atoms. The Morgan fingerprint density at radius 1 is 1.14 bits per heavy atom. The minimum absolute atomic E-state index is 0.0939. The van der Waals surface area contributed by atoms with Crippen molar-refractivity contribution in [1.29, 1.82) is 0 Å². The summed E-state index contributed by atoms with van der Waals surface area (Å²) in [4.78, 5) is 30.6. The van der Waals surface area contributed by atoms with Crippen molar-refractivity contribution in [3.05, 3.63) is 53.6 Å². The van der Waals surface area contributed by atoms with E-state index in [1.54, 1.807) is 24.3 Å². The lowest BCUT2D eigenvalue weighted by Crippen LogP contribution is -2.44. The molecule has 0 aliphatic heterocycles. The SMILES string of the molecule is O=C(COc1ccc(Cl)cc1)NNC(=O)c1cnccn1. The van der Waals surface area contributed by atoms with Crippen LogP contribution in [0.15, 0.2) is 42.9 Å². The summed E-state index contributed by atoms with van der Waals surface area (Å²) in [6.07, 6.45) is 4.10. The van der Waals surface area contributed by atoms with Crippen LogP contribution in [0, 0.1) is 0 Å². The lowest BCUT2D eigenvalue weighted by Gasteiger charge is -2.08. The van der Waals surface area contributed by atoms with E-state index >= 15 is 0 Å². The molecule has 2 rings (SSSR count). The number of aromatic nitrogens is 2. The van der Waals surface area contributed by atoms with Crippen LogP contribution in [0.25, 0.3) is 0 Å². The van der Waals surface area contributed by atoms with Crippen molar-refractivity contribution < 1.29 is 14.3 Å². The zero-order valence-electron chi connectivity index (χ0n) is 10.7. The van der Waals surface area contributed by atoms with E-state index in [2.05, 4.69) is 20.8 Å². The molecule has 2 N–H and O–H groups in total. The number of hydrogen-bond donors (Lipinski definition) is 2. The van der Waals surface area contributed by atoms with Crippen molar-refractivity contribution in [3.8, 4) is 5.75 Å². The van der Waals surface area contributed by atoms with Crippen LogP contribution in [-0.2, 0) is 4.79 Å². The lowest BCUT2D eigenvalue weighted by atomic mass is 10.3. The second-order valence-corrected chi connectivity index (χ2v) is 4.27. The third-order valence-electron chi connectivity index (χ3n) is 2.29. The third-order valence-corrected chi connectivity index (χ3v) is 2.55. The number of hydrogen-bond acceptors (Lipinski definition) is 5. The highest BCUT2D eigenvalue weighted by Crippen LogP contribution is 2.15. The number of rotatable bonds is 4. The van der Waals surface area contributed by atoms with Crippen molar-refractivity contribution in [3.63, 3.8) is 0 Å². The van der Waals surface area contributed by atoms with E-state index in [4.69, 9.17) is 16.3 Å². The third kappa shape index (κ3) is 4.73. The van der Waals surface area contributed by atoms with Crippen molar-refractivity contribution in [2.45, 2.75) is 0 Å². The maximum atomic E-state index is 11.6. The largest absolute Gasteiger partial charge is 0.484 e. The van der Waals surface area contributed by atoms with Crippen molar-refractivity contribution >= 4 is 23.4 Å². The van der Waals surface area contributed by atoms with Gasteiger partial charge in [-0.05, 0) is 24.3 Å². The molecule has 1 heterocycles. The van der Waals surface area contributed by atoms with Gasteiger partial charge in [-0.1, -0.05) is 11.6 Å². The smallest absolute Gasteiger partial charge is 0.289 e. The average molecular weight is 307 g/mol. The predicted molar refractivity (Wildman–Crippen MR) is 74.6 cm³/mol. The fourth-order valence-electron chi connectivity index (χ4n) is 1.32. The van der Waals surface area contributed by atoms with Crippen LogP contribution in [0.3, 0.4) is 0 Å². The molecule has 8 heteroatoms. The summed E-state index contributed by atoms with van der Waals surface area (Å²) in [5.74, 6) is -0.583. The zero-order valence-corrected chi connectivity index (χ0v) is 11.5. The summed E-state index contributed by atoms with van der Waals surface area (Å²) in [7, 11) is 0. The van der Waals surface area contributed by atoms with Crippen LogP contribution in [0.2, 0.25) is 5.02 Å². The first-order valence-corrected chi connectivity index (χ1v) is 6.26. The summed E-state index contributed by atoms with van der Waals surface area (Å²) >= 11 is 5.72. The molecule has 7 nitrogen and oxygen atoms in total. The molecule has 0 saturated carbocycles. The van der Waals surface area contributed by atoms with E-state index in [0.717, 1.165) is 0 Å². The molecule has 1 aromatic heterocycles. The molecule has 108 valence electrons. The van der Waals surface area contributed by atoms with Gasteiger partial charge in [0.2, 0.25) is 0 Å². The van der Waals surface area contributed by atoms with Crippen molar-refractivity contribution in [2.24, 2.45) is 0 Å². The second-order valence-electron chi connectivity index (χ2n) is 3.84. The van der Waals surface area contributed by atoms with Crippen LogP contribution in [-0.4, -0.2) is 28.4 Å². The van der Waals surface area contributed by atoms with Gasteiger partial charge < -0.3 is 4.74 Å². The summed E-state index contributed by atoms with van der Waals surface area (Å²) in [6.45, 7) is -0.248. The number of ether oxygens (including phenoxy) is 1. The Balaban J connectivity index is 1.75. The Bertz CT molecular complexity index is 619. The first kappa shape index (κ1) is 14.7. The molecule has 0 fully saturated rings. The Kier molecular flexibility index (Phi) is 5.05. The van der Waals surface area contributed by atoms with Gasteiger partial charge in [0.15, 0.2) is 6.61 Å². The number of nitrogens with one attached hydrogen (secondary N) is 2. The topological polar surface area (TPSA) is 93.2 Å². The van der Waals surface area contributed by atoms with Crippen molar-refractivity contribution in [1.82, 2.24) is 20.8 Å². The molecule has 1 aromatic carbocycles. The van der Waals surface area contributed by atoms with Gasteiger partial charge in [-0.25, -0.2) is 4.98 Å². The van der Waals surface area contributed by atoms with E-state index in [1.807, 2.05) is 0 Å². The second kappa shape index (κ2) is 7.20. The summed E-state index contributed by atoms with van der Waals surface area (Å²) in [5, 5.41) is 0.572. The maximum absolute atomic E-state index is 11.6. The van der Waals surface area contributed by atoms with Crippen molar-refractivity contribution in [2.75, 3.05) is 6.61 Å². The minimum Gasteiger partial charge on any atom is -0.484 e. The van der Waals surface area contributed by atoms with Gasteiger partial charge in [0.1, 0.15) is 11.4 Å². The molecular weight excluding hydrogens is 296 g/mol. The predicted octanol–water partition coefficient (Wildman–Crippen LogP) is 0.970. The average Bonchev–Trinajstić information content (AvgIpc) is 2.53. The highest BCUT2D eigenvalue weighted by atomic mass is 35.5. The van der Waals surface area contributed by atoms with Crippen LogP contribution in [0.4, 0.5) is 0 Å². The van der Waals surface area contributed by atoms with E-state index in [-0.39, 0.29) is 12.3 Å². The monoisotopic (exact) mass is 306 g/mol. The number of halogens is 1. The fraction of sp³-hybridized carbons (Fsp3) is 0.0769. The van der Waals surface area contributed by atoms with E-state index in [0.29, 0.717) is 10.8 Å². The Labute approximate surface area is 125 Å². The van der Waals surface area contributed by atoms with Gasteiger partial charge in [-0.3, -0.25) is 25.4 Å². The standard InChI is InChI=1S/C13H11ClN4O3/c14-9-1-3-10(4-2-9)21-8-12(19)17-18-13(20)11-7-15-5-6-16-11/h1-7H,8H2,(H,17,19)(H,18,20). The highest BCUT2D eigenvalue weighted by Gasteiger charge is 2.08. The number of hydrazine groups is 1. The molecular formula is C13H11ClN4O3. The quantitative estimate of drug-likeness (QED) is 0.821. The van der Waals surface area contributed by atoms with Gasteiger partial charge in [-0.2, -0.15) is 0 Å². The lowest BCUT2D eigenvalue weighted by molar-refractivity contribution is -0.123. The van der Waals surface area contributed by atoms with E-state index in [9.17, 15) is 9.59 Å². The molecule has 0 bridgehead atoms. The zero-order chi connectivity index (χ0) is 15.1. The molecule has 0 aliphatic carbocycles. The Morgan fingerprint density at radius 3 is 2.57 bits per heavy atom. The Morgan fingerprint density at radius 2 is 1.90 bits per heavy atom. The first-order valence-electron chi connectivity index (χ1n) is 5.89. The van der Waals surface area contributed by atoms with Crippen LogP contribution >= 0.6 is 11.6 Å². The summed E-state index contributed by atoms with van der Waals surface area (Å²) < 4.78 is 5.21. The van der Waals surface area contributed by atoms with Gasteiger partial charge >= 0.3 is 0 Å². The normalized spacial score (nSPS) is 9.76. The molecule has 0 atom stereocenters. The molecule has 21 heavy (non-hydrogen) atoms. The van der Waals surface area contributed by atoms with Gasteiger partial charge in [-0.15, -0.1) is 0 Å². The van der Waals surface area contributed by atoms with Crippen LogP contribution in [0.5, 0.6) is 5.75 Å². The highest BCUT2D eigenvalue weighted by molar-refractivity contribution is 6.30. The summed E-state index contributed by atoms with van der Waals surface area (Å²) in [6, 6.07) is 6.55. The van der Waals surface area contributed by atoms with E-state index < -0.39 is 11.8 Å². The van der Waals surface area contributed by atoms with Gasteiger partial charge in [0, 0.05) is 17.4 Å². The van der Waals surface area contributed by atoms with Gasteiger partial charge in [0.25, 0.3) is 11.8 Å². The Hall–Kier alpha value is -2.67. The van der Waals surface area contributed by atoms with E-state index in [1.165, 1.54) is 18.6 Å². The minimum atomic E-state index is -0.567.